The van der Waals surface area contributed by atoms with E-state index in [0.717, 1.165) is 89.2 Å². The third kappa shape index (κ3) is 43.9. The van der Waals surface area contributed by atoms with Gasteiger partial charge in [0.1, 0.15) is 0 Å². The van der Waals surface area contributed by atoms with E-state index in [9.17, 15) is 14.4 Å². The van der Waals surface area contributed by atoms with Crippen molar-refractivity contribution in [2.24, 2.45) is 4.99 Å². The molecule has 0 spiro atoms. The number of rotatable bonds is 48. The molecule has 1 aromatic rings. The lowest BCUT2D eigenvalue weighted by Gasteiger charge is -2.21. The average Bonchev–Trinajstić information content (AvgIpc) is 4.07. The van der Waals surface area contributed by atoms with E-state index in [2.05, 4.69) is 68.0 Å². The molecular formula is C56H106N8O3. The Labute approximate surface area is 412 Å². The molecule has 0 saturated carbocycles. The summed E-state index contributed by atoms with van der Waals surface area (Å²) in [6, 6.07) is 0. The van der Waals surface area contributed by atoms with Crippen LogP contribution in [0, 0.1) is 0 Å². The standard InChI is InChI=1S/C35H67N5O2.C21H39N3O/c1-3-5-7-9-11-13-15-17-19-21-26-37-34(41)24-29-40(28-23-33-31-36-32-39-33)30-25-35(42)38-27-22-20-18-16-14-12-10-8-6-4-2;1-2-3-4-5-6-7-8-9-10-11-16-24-21(25)15-19-22-18-14-20-13-12-17-23-20/h31-32H,3-30H2,1-2H3,(H,36,39)(H,37,41)(H,38,42);13,17,22H,2-12,14-16,18-19H2,1H3,(H,24,25). The maximum absolute atomic E-state index is 12.5. The zero-order valence-corrected chi connectivity index (χ0v) is 44.0. The lowest BCUT2D eigenvalue weighted by atomic mass is 10.1. The molecule has 0 bridgehead atoms. The van der Waals surface area contributed by atoms with Crippen LogP contribution in [0.4, 0.5) is 0 Å². The number of aromatic nitrogens is 2. The summed E-state index contributed by atoms with van der Waals surface area (Å²) in [5.41, 5.74) is 2.24. The van der Waals surface area contributed by atoms with E-state index in [4.69, 9.17) is 0 Å². The van der Waals surface area contributed by atoms with Crippen molar-refractivity contribution < 1.29 is 14.4 Å². The van der Waals surface area contributed by atoms with E-state index in [1.165, 1.54) is 173 Å². The van der Waals surface area contributed by atoms with Gasteiger partial charge < -0.3 is 31.2 Å². The molecule has 2 heterocycles. The Morgan fingerprint density at radius 2 is 0.896 bits per heavy atom. The van der Waals surface area contributed by atoms with Crippen molar-refractivity contribution >= 4 is 23.9 Å². The third-order valence-corrected chi connectivity index (χ3v) is 12.9. The normalized spacial score (nSPS) is 12.0. The molecule has 11 nitrogen and oxygen atoms in total. The van der Waals surface area contributed by atoms with Gasteiger partial charge in [-0.05, 0) is 19.3 Å². The molecule has 5 N–H and O–H groups in total. The Morgan fingerprint density at radius 3 is 1.27 bits per heavy atom. The number of amides is 3. The Balaban J connectivity index is 0.000000762. The van der Waals surface area contributed by atoms with Gasteiger partial charge in [-0.15, -0.1) is 0 Å². The number of carbonyl (C=O) groups excluding carboxylic acids is 3. The molecule has 0 atom stereocenters. The predicted molar refractivity (Wildman–Crippen MR) is 286 cm³/mol. The molecule has 1 aliphatic heterocycles. The highest BCUT2D eigenvalue weighted by molar-refractivity contribution is 5.77. The number of aromatic amines is 1. The van der Waals surface area contributed by atoms with Gasteiger partial charge in [0.15, 0.2) is 0 Å². The van der Waals surface area contributed by atoms with Gasteiger partial charge in [0.05, 0.1) is 6.33 Å². The number of nitrogens with zero attached hydrogens (tertiary/aromatic N) is 3. The minimum Gasteiger partial charge on any atom is -0.356 e. The quantitative estimate of drug-likeness (QED) is 0.0412. The lowest BCUT2D eigenvalue weighted by Crippen LogP contribution is -2.35. The topological polar surface area (TPSA) is 144 Å². The smallest absolute Gasteiger partial charge is 0.221 e. The molecule has 1 aromatic heterocycles. The van der Waals surface area contributed by atoms with Gasteiger partial charge in [-0.2, -0.15) is 0 Å². The summed E-state index contributed by atoms with van der Waals surface area (Å²) >= 11 is 0. The number of H-pyrrole nitrogens is 1. The second-order valence-corrected chi connectivity index (χ2v) is 19.3. The van der Waals surface area contributed by atoms with E-state index in [0.29, 0.717) is 32.4 Å². The minimum absolute atomic E-state index is 0.114. The maximum atomic E-state index is 12.5. The molecule has 67 heavy (non-hydrogen) atoms. The maximum Gasteiger partial charge on any atom is 0.221 e. The first kappa shape index (κ1) is 62.0. The predicted octanol–water partition coefficient (Wildman–Crippen LogP) is 12.9. The van der Waals surface area contributed by atoms with Crippen molar-refractivity contribution in [1.29, 1.82) is 0 Å². The van der Waals surface area contributed by atoms with E-state index < -0.39 is 0 Å². The van der Waals surface area contributed by atoms with E-state index in [1.54, 1.807) is 6.33 Å². The largest absolute Gasteiger partial charge is 0.356 e. The second-order valence-electron chi connectivity index (χ2n) is 19.3. The molecule has 0 aliphatic carbocycles. The van der Waals surface area contributed by atoms with Crippen LogP contribution >= 0.6 is 0 Å². The zero-order valence-electron chi connectivity index (χ0n) is 44.0. The van der Waals surface area contributed by atoms with Gasteiger partial charge in [-0.1, -0.05) is 200 Å². The number of imidazole rings is 1. The highest BCUT2D eigenvalue weighted by atomic mass is 16.2. The fourth-order valence-electron chi connectivity index (χ4n) is 8.46. The monoisotopic (exact) mass is 939 g/mol. The number of unbranched alkanes of at least 4 members (excludes halogenated alkanes) is 27. The number of allylic oxidation sites excluding steroid dienone is 1. The van der Waals surface area contributed by atoms with Crippen molar-refractivity contribution in [3.8, 4) is 0 Å². The lowest BCUT2D eigenvalue weighted by molar-refractivity contribution is -0.122. The van der Waals surface area contributed by atoms with Gasteiger partial charge in [-0.25, -0.2) is 4.98 Å². The van der Waals surface area contributed by atoms with E-state index >= 15 is 0 Å². The van der Waals surface area contributed by atoms with Gasteiger partial charge in [0.25, 0.3) is 0 Å². The molecule has 0 fully saturated rings. The van der Waals surface area contributed by atoms with Crippen molar-refractivity contribution in [3.05, 3.63) is 30.0 Å². The van der Waals surface area contributed by atoms with Crippen LogP contribution in [-0.4, -0.2) is 91.2 Å². The highest BCUT2D eigenvalue weighted by Crippen LogP contribution is 2.13. The molecular weight excluding hydrogens is 833 g/mol. The Bertz CT molecular complexity index is 1260. The molecule has 1 aliphatic rings. The molecule has 0 saturated heterocycles. The fourth-order valence-corrected chi connectivity index (χ4v) is 8.46. The number of aliphatic imine (C=N–C) groups is 1. The third-order valence-electron chi connectivity index (χ3n) is 12.9. The molecule has 2 rings (SSSR count). The highest BCUT2D eigenvalue weighted by Gasteiger charge is 2.12. The Morgan fingerprint density at radius 1 is 0.493 bits per heavy atom. The van der Waals surface area contributed by atoms with Gasteiger partial charge in [-0.3, -0.25) is 19.4 Å². The summed E-state index contributed by atoms with van der Waals surface area (Å²) in [4.78, 5) is 50.5. The first-order valence-electron chi connectivity index (χ1n) is 28.4. The molecule has 0 unspecified atom stereocenters. The van der Waals surface area contributed by atoms with Gasteiger partial charge in [0.2, 0.25) is 17.7 Å². The fraction of sp³-hybridized carbons (Fsp3) is 0.839. The van der Waals surface area contributed by atoms with Gasteiger partial charge in [0, 0.05) is 115 Å². The number of nitrogens with one attached hydrogen (secondary N) is 5. The van der Waals surface area contributed by atoms with Crippen LogP contribution in [0.15, 0.2) is 29.3 Å². The SMILES string of the molecule is CCCCCCCCCCCCNC(=O)CCN(CCC(=O)NCCCCCCCCCCCC)CCc1cnc[nH]1.CCCCCCCCCCCCNC(=O)CCNCCC1=CCC=N1. The van der Waals surface area contributed by atoms with Crippen LogP contribution in [0.5, 0.6) is 0 Å². The van der Waals surface area contributed by atoms with Crippen LogP contribution in [0.3, 0.4) is 0 Å². The minimum atomic E-state index is 0.114. The van der Waals surface area contributed by atoms with E-state index in [1.807, 2.05) is 12.4 Å². The van der Waals surface area contributed by atoms with Crippen LogP contribution in [0.2, 0.25) is 0 Å². The van der Waals surface area contributed by atoms with Gasteiger partial charge >= 0.3 is 0 Å². The van der Waals surface area contributed by atoms with Crippen molar-refractivity contribution in [2.75, 3.05) is 52.4 Å². The Hall–Kier alpha value is -3.05. The number of hydrogen-bond donors (Lipinski definition) is 5. The zero-order chi connectivity index (χ0) is 48.4. The van der Waals surface area contributed by atoms with Crippen LogP contribution in [0.1, 0.15) is 251 Å². The molecule has 11 heteroatoms. The Kier molecular flexibility index (Phi) is 45.7. The summed E-state index contributed by atoms with van der Waals surface area (Å²) in [6.07, 6.45) is 51.2. The molecule has 3 amide bonds. The van der Waals surface area contributed by atoms with Crippen molar-refractivity contribution in [2.45, 2.75) is 252 Å². The number of carbonyl (C=O) groups is 3. The first-order valence-corrected chi connectivity index (χ1v) is 28.4. The van der Waals surface area contributed by atoms with Crippen LogP contribution in [-0.2, 0) is 20.8 Å². The summed E-state index contributed by atoms with van der Waals surface area (Å²) in [5, 5.41) is 12.5. The number of hydrogen-bond acceptors (Lipinski definition) is 7. The second kappa shape index (κ2) is 49.4. The van der Waals surface area contributed by atoms with Crippen LogP contribution < -0.4 is 21.3 Å². The summed E-state index contributed by atoms with van der Waals surface area (Å²) in [6.45, 7) is 13.0. The van der Waals surface area contributed by atoms with E-state index in [-0.39, 0.29) is 17.7 Å². The van der Waals surface area contributed by atoms with Crippen molar-refractivity contribution in [1.82, 2.24) is 36.1 Å². The summed E-state index contributed by atoms with van der Waals surface area (Å²) in [5.74, 6) is 0.396. The van der Waals surface area contributed by atoms with Crippen molar-refractivity contribution in [3.63, 3.8) is 0 Å². The average molecular weight is 940 g/mol. The molecule has 388 valence electrons. The molecule has 0 aromatic carbocycles. The first-order chi connectivity index (χ1) is 33.0. The summed E-state index contributed by atoms with van der Waals surface area (Å²) in [7, 11) is 0. The van der Waals surface area contributed by atoms with Crippen LogP contribution in [0.25, 0.3) is 0 Å². The summed E-state index contributed by atoms with van der Waals surface area (Å²) < 4.78 is 0. The molecule has 0 radical (unpaired) electrons.